The number of nitrogens with one attached hydrogen (secondary N) is 1. The summed E-state index contributed by atoms with van der Waals surface area (Å²) in [6.45, 7) is 3.98. The van der Waals surface area contributed by atoms with E-state index in [1.807, 2.05) is 26.0 Å². The van der Waals surface area contributed by atoms with Gasteiger partial charge in [-0.2, -0.15) is 0 Å². The molecular weight excluding hydrogens is 452 g/mol. The summed E-state index contributed by atoms with van der Waals surface area (Å²) >= 11 is 10.8. The molecule has 5 nitrogen and oxygen atoms in total. The van der Waals surface area contributed by atoms with Crippen LogP contribution in [-0.4, -0.2) is 23.3 Å². The van der Waals surface area contributed by atoms with Crippen molar-refractivity contribution in [1.29, 1.82) is 0 Å². The first-order valence-corrected chi connectivity index (χ1v) is 9.90. The zero-order valence-corrected chi connectivity index (χ0v) is 17.9. The largest absolute Gasteiger partial charge is 0.504 e. The van der Waals surface area contributed by atoms with E-state index >= 15 is 0 Å². The molecule has 1 saturated heterocycles. The van der Waals surface area contributed by atoms with E-state index in [2.05, 4.69) is 26.2 Å². The van der Waals surface area contributed by atoms with Gasteiger partial charge in [0, 0.05) is 21.1 Å². The van der Waals surface area contributed by atoms with Gasteiger partial charge in [0.1, 0.15) is 0 Å². The first-order valence-electron chi connectivity index (χ1n) is 7.91. The predicted molar refractivity (Wildman–Crippen MR) is 114 cm³/mol. The van der Waals surface area contributed by atoms with Crippen molar-refractivity contribution in [2.24, 2.45) is 4.99 Å². The van der Waals surface area contributed by atoms with E-state index in [1.165, 1.54) is 24.9 Å². The SMILES string of the molecule is COc1cc(Cl)cc(/C=C2\SC(=Nc3cc(C)c(Br)c(C)c3)NC2=O)c1O. The van der Waals surface area contributed by atoms with Crippen molar-refractivity contribution in [1.82, 2.24) is 5.32 Å². The maximum Gasteiger partial charge on any atom is 0.264 e. The van der Waals surface area contributed by atoms with Crippen LogP contribution in [0.1, 0.15) is 16.7 Å². The van der Waals surface area contributed by atoms with Gasteiger partial charge in [0.15, 0.2) is 16.7 Å². The van der Waals surface area contributed by atoms with Crippen molar-refractivity contribution in [2.75, 3.05) is 7.11 Å². The Morgan fingerprint density at radius 1 is 1.26 bits per heavy atom. The quantitative estimate of drug-likeness (QED) is 0.599. The molecule has 27 heavy (non-hydrogen) atoms. The fourth-order valence-corrected chi connectivity index (χ4v) is 3.86. The number of methoxy groups -OCH3 is 1. The van der Waals surface area contributed by atoms with Gasteiger partial charge in [-0.1, -0.05) is 27.5 Å². The Hall–Kier alpha value is -1.96. The first kappa shape index (κ1) is 19.8. The summed E-state index contributed by atoms with van der Waals surface area (Å²) < 4.78 is 6.13. The van der Waals surface area contributed by atoms with Gasteiger partial charge in [-0.3, -0.25) is 4.79 Å². The van der Waals surface area contributed by atoms with E-state index in [9.17, 15) is 9.90 Å². The minimum Gasteiger partial charge on any atom is -0.504 e. The number of amides is 1. The molecule has 0 unspecified atom stereocenters. The number of hydrogen-bond acceptors (Lipinski definition) is 5. The number of aliphatic imine (C=N–C) groups is 1. The van der Waals surface area contributed by atoms with E-state index in [-0.39, 0.29) is 17.4 Å². The van der Waals surface area contributed by atoms with Crippen LogP contribution in [0.5, 0.6) is 11.5 Å². The average Bonchev–Trinajstić information content (AvgIpc) is 2.94. The molecule has 8 heteroatoms. The number of aromatic hydroxyl groups is 1. The number of rotatable bonds is 3. The lowest BCUT2D eigenvalue weighted by Gasteiger charge is -2.07. The topological polar surface area (TPSA) is 70.9 Å². The molecule has 1 aliphatic heterocycles. The normalized spacial score (nSPS) is 16.9. The molecule has 0 radical (unpaired) electrons. The Balaban J connectivity index is 1.92. The van der Waals surface area contributed by atoms with Crippen LogP contribution in [0, 0.1) is 13.8 Å². The lowest BCUT2D eigenvalue weighted by Crippen LogP contribution is -2.19. The highest BCUT2D eigenvalue weighted by Crippen LogP contribution is 2.37. The van der Waals surface area contributed by atoms with Crippen LogP contribution < -0.4 is 10.1 Å². The fourth-order valence-electron chi connectivity index (χ4n) is 2.59. The van der Waals surface area contributed by atoms with Gasteiger partial charge < -0.3 is 15.2 Å². The highest BCUT2D eigenvalue weighted by Gasteiger charge is 2.25. The smallest absolute Gasteiger partial charge is 0.264 e. The Kier molecular flexibility index (Phi) is 5.83. The molecule has 2 aromatic carbocycles. The van der Waals surface area contributed by atoms with E-state index in [0.717, 1.165) is 21.3 Å². The Bertz CT molecular complexity index is 982. The predicted octanol–water partition coefficient (Wildman–Crippen LogP) is 5.33. The van der Waals surface area contributed by atoms with Gasteiger partial charge in [0.05, 0.1) is 17.7 Å². The van der Waals surface area contributed by atoms with Crippen LogP contribution in [0.15, 0.2) is 38.6 Å². The number of carbonyl (C=O) groups is 1. The van der Waals surface area contributed by atoms with Crippen LogP contribution in [0.3, 0.4) is 0 Å². The number of thioether (sulfide) groups is 1. The maximum absolute atomic E-state index is 12.3. The van der Waals surface area contributed by atoms with Gasteiger partial charge in [-0.25, -0.2) is 4.99 Å². The molecule has 1 fully saturated rings. The van der Waals surface area contributed by atoms with Crippen molar-refractivity contribution in [3.8, 4) is 11.5 Å². The molecule has 0 aromatic heterocycles. The summed E-state index contributed by atoms with van der Waals surface area (Å²) in [6.07, 6.45) is 1.56. The van der Waals surface area contributed by atoms with E-state index in [1.54, 1.807) is 12.1 Å². The Morgan fingerprint density at radius 3 is 2.56 bits per heavy atom. The monoisotopic (exact) mass is 466 g/mol. The van der Waals surface area contributed by atoms with Gasteiger partial charge in [0.2, 0.25) is 0 Å². The highest BCUT2D eigenvalue weighted by molar-refractivity contribution is 9.10. The highest BCUT2D eigenvalue weighted by atomic mass is 79.9. The van der Waals surface area contributed by atoms with Crippen LogP contribution in [0.25, 0.3) is 6.08 Å². The second-order valence-corrected chi connectivity index (χ2v) is 8.18. The summed E-state index contributed by atoms with van der Waals surface area (Å²) in [4.78, 5) is 17.2. The molecule has 2 N–H and O–H groups in total. The van der Waals surface area contributed by atoms with Crippen LogP contribution in [-0.2, 0) is 4.79 Å². The first-order chi connectivity index (χ1) is 12.8. The molecule has 140 valence electrons. The number of carbonyl (C=O) groups excluding carboxylic acids is 1. The number of phenols is 1. The van der Waals surface area contributed by atoms with Gasteiger partial charge >= 0.3 is 0 Å². The van der Waals surface area contributed by atoms with E-state index < -0.39 is 0 Å². The van der Waals surface area contributed by atoms with E-state index in [0.29, 0.717) is 20.7 Å². The summed E-state index contributed by atoms with van der Waals surface area (Å²) in [5.41, 5.74) is 3.28. The summed E-state index contributed by atoms with van der Waals surface area (Å²) in [5.74, 6) is -0.123. The summed E-state index contributed by atoms with van der Waals surface area (Å²) in [6, 6.07) is 6.95. The number of aryl methyl sites for hydroxylation is 2. The fraction of sp³-hybridized carbons (Fsp3) is 0.158. The third kappa shape index (κ3) is 4.31. The molecule has 0 spiro atoms. The maximum atomic E-state index is 12.3. The number of benzene rings is 2. The zero-order valence-electron chi connectivity index (χ0n) is 14.8. The average molecular weight is 468 g/mol. The minimum absolute atomic E-state index is 0.0765. The zero-order chi connectivity index (χ0) is 19.7. The molecule has 0 aliphatic carbocycles. The van der Waals surface area contributed by atoms with Crippen molar-refractivity contribution >= 4 is 62.1 Å². The van der Waals surface area contributed by atoms with E-state index in [4.69, 9.17) is 16.3 Å². The number of ether oxygens (including phenoxy) is 1. The number of halogens is 2. The molecule has 1 amide bonds. The molecular formula is C19H16BrClN2O3S. The summed E-state index contributed by atoms with van der Waals surface area (Å²) in [5, 5.41) is 13.9. The second kappa shape index (κ2) is 7.96. The van der Waals surface area contributed by atoms with Crippen LogP contribution in [0.2, 0.25) is 5.02 Å². The molecule has 0 atom stereocenters. The molecule has 1 aliphatic rings. The number of phenolic OH excluding ortho intramolecular Hbond substituents is 1. The molecule has 3 rings (SSSR count). The molecule has 2 aromatic rings. The third-order valence-corrected chi connectivity index (χ3v) is 6.26. The van der Waals surface area contributed by atoms with Crippen LogP contribution in [0.4, 0.5) is 5.69 Å². The van der Waals surface area contributed by atoms with Crippen molar-refractivity contribution in [2.45, 2.75) is 13.8 Å². The van der Waals surface area contributed by atoms with Crippen molar-refractivity contribution in [3.63, 3.8) is 0 Å². The van der Waals surface area contributed by atoms with Crippen LogP contribution >= 0.6 is 39.3 Å². The van der Waals surface area contributed by atoms with Crippen molar-refractivity contribution in [3.05, 3.63) is 55.4 Å². The number of amidine groups is 1. The number of hydrogen-bond donors (Lipinski definition) is 2. The second-order valence-electron chi connectivity index (χ2n) is 5.92. The Morgan fingerprint density at radius 2 is 1.93 bits per heavy atom. The molecule has 0 bridgehead atoms. The molecule has 1 heterocycles. The van der Waals surface area contributed by atoms with Crippen molar-refractivity contribution < 1.29 is 14.6 Å². The third-order valence-electron chi connectivity index (χ3n) is 3.88. The lowest BCUT2D eigenvalue weighted by molar-refractivity contribution is -0.115. The number of nitrogens with zero attached hydrogens (tertiary/aromatic N) is 1. The standard InChI is InChI=1S/C19H16BrClN2O3S/c1-9-4-13(5-10(2)16(9)20)22-19-23-18(25)15(27-19)7-11-6-12(21)8-14(26-3)17(11)24/h4-8,24H,1-3H3,(H,22,23,25)/b15-7-. The van der Waals surface area contributed by atoms with Gasteiger partial charge in [-0.05, 0) is 61.0 Å². The lowest BCUT2D eigenvalue weighted by atomic mass is 10.1. The van der Waals surface area contributed by atoms with Gasteiger partial charge in [0.25, 0.3) is 5.91 Å². The molecule has 0 saturated carbocycles. The van der Waals surface area contributed by atoms with Gasteiger partial charge in [-0.15, -0.1) is 0 Å². The summed E-state index contributed by atoms with van der Waals surface area (Å²) in [7, 11) is 1.44. The minimum atomic E-state index is -0.289. The Labute approximate surface area is 174 Å².